The van der Waals surface area contributed by atoms with Gasteiger partial charge in [0.05, 0.1) is 0 Å². The number of hydrogen-bond acceptors (Lipinski definition) is 1. The van der Waals surface area contributed by atoms with Gasteiger partial charge in [-0.1, -0.05) is 49.9 Å². The third-order valence-corrected chi connectivity index (χ3v) is 3.67. The Hall–Kier alpha value is -0.240. The van der Waals surface area contributed by atoms with E-state index in [0.717, 1.165) is 28.1 Å². The van der Waals surface area contributed by atoms with Gasteiger partial charge < -0.3 is 5.32 Å². The van der Waals surface area contributed by atoms with E-state index in [1.54, 1.807) is 0 Å². The maximum atomic E-state index is 6.13. The zero-order valence-corrected chi connectivity index (χ0v) is 13.0. The molecule has 3 heteroatoms. The normalized spacial score (nSPS) is 13.0. The molecule has 1 aromatic carbocycles. The van der Waals surface area contributed by atoms with Crippen molar-refractivity contribution in [3.05, 3.63) is 33.8 Å². The summed E-state index contributed by atoms with van der Waals surface area (Å²) in [7, 11) is 0. The van der Waals surface area contributed by atoms with Crippen LogP contribution in [0.3, 0.4) is 0 Å². The van der Waals surface area contributed by atoms with Crippen LogP contribution in [0.4, 0.5) is 0 Å². The number of halogens is 2. The predicted octanol–water partition coefficient (Wildman–Crippen LogP) is 5.30. The van der Waals surface area contributed by atoms with Crippen molar-refractivity contribution in [2.45, 2.75) is 52.6 Å². The van der Waals surface area contributed by atoms with Gasteiger partial charge in [0.15, 0.2) is 0 Å². The first kappa shape index (κ1) is 15.8. The molecule has 1 atom stereocenters. The summed E-state index contributed by atoms with van der Waals surface area (Å²) in [5.41, 5.74) is 1.07. The van der Waals surface area contributed by atoms with Gasteiger partial charge in [-0.05, 0) is 43.0 Å². The fraction of sp³-hybridized carbons (Fsp3) is 0.600. The Balaban J connectivity index is 2.33. The summed E-state index contributed by atoms with van der Waals surface area (Å²) in [6, 6.07) is 6.11. The first-order valence-corrected chi connectivity index (χ1v) is 7.42. The van der Waals surface area contributed by atoms with Crippen molar-refractivity contribution < 1.29 is 0 Å². The molecule has 1 aromatic rings. The van der Waals surface area contributed by atoms with Crippen molar-refractivity contribution >= 4 is 23.2 Å². The Morgan fingerprint density at radius 3 is 2.50 bits per heavy atom. The third-order valence-electron chi connectivity index (χ3n) is 3.07. The van der Waals surface area contributed by atoms with Crippen molar-refractivity contribution in [2.75, 3.05) is 0 Å². The molecule has 102 valence electrons. The fourth-order valence-corrected chi connectivity index (χ4v) is 2.28. The van der Waals surface area contributed by atoms with Crippen LogP contribution in [0.15, 0.2) is 18.2 Å². The van der Waals surface area contributed by atoms with Crippen molar-refractivity contribution in [3.63, 3.8) is 0 Å². The molecular formula is C15H23Cl2N. The smallest absolute Gasteiger partial charge is 0.0451 e. The highest BCUT2D eigenvalue weighted by atomic mass is 35.5. The van der Waals surface area contributed by atoms with E-state index in [0.29, 0.717) is 6.04 Å². The Morgan fingerprint density at radius 2 is 1.83 bits per heavy atom. The molecule has 0 aliphatic heterocycles. The van der Waals surface area contributed by atoms with Crippen LogP contribution < -0.4 is 5.32 Å². The Bertz CT molecular complexity index is 364. The van der Waals surface area contributed by atoms with Crippen LogP contribution in [0.5, 0.6) is 0 Å². The van der Waals surface area contributed by atoms with Gasteiger partial charge >= 0.3 is 0 Å². The molecule has 0 bridgehead atoms. The highest BCUT2D eigenvalue weighted by Crippen LogP contribution is 2.20. The molecular weight excluding hydrogens is 265 g/mol. The van der Waals surface area contributed by atoms with E-state index in [-0.39, 0.29) is 0 Å². The van der Waals surface area contributed by atoms with E-state index >= 15 is 0 Å². The molecule has 0 radical (unpaired) electrons. The molecule has 0 aliphatic rings. The van der Waals surface area contributed by atoms with Crippen molar-refractivity contribution in [3.8, 4) is 0 Å². The summed E-state index contributed by atoms with van der Waals surface area (Å²) in [5, 5.41) is 5.02. The largest absolute Gasteiger partial charge is 0.310 e. The summed E-state index contributed by atoms with van der Waals surface area (Å²) in [5.74, 6) is 0.791. The molecule has 1 unspecified atom stereocenters. The second-order valence-electron chi connectivity index (χ2n) is 5.34. The molecule has 18 heavy (non-hydrogen) atoms. The summed E-state index contributed by atoms with van der Waals surface area (Å²) < 4.78 is 0. The Labute approximate surface area is 121 Å². The van der Waals surface area contributed by atoms with Gasteiger partial charge in [-0.2, -0.15) is 0 Å². The maximum Gasteiger partial charge on any atom is 0.0451 e. The van der Waals surface area contributed by atoms with E-state index in [1.165, 1.54) is 19.3 Å². The summed E-state index contributed by atoms with van der Waals surface area (Å²) in [6.07, 6.45) is 3.77. The monoisotopic (exact) mass is 287 g/mol. The van der Waals surface area contributed by atoms with Crippen LogP contribution in [0.1, 0.15) is 45.6 Å². The van der Waals surface area contributed by atoms with E-state index in [2.05, 4.69) is 26.1 Å². The van der Waals surface area contributed by atoms with Crippen LogP contribution in [0.25, 0.3) is 0 Å². The fourth-order valence-electron chi connectivity index (χ4n) is 1.90. The van der Waals surface area contributed by atoms with Crippen LogP contribution >= 0.6 is 23.2 Å². The summed E-state index contributed by atoms with van der Waals surface area (Å²) in [4.78, 5) is 0. The lowest BCUT2D eigenvalue weighted by atomic mass is 10.0. The minimum absolute atomic E-state index is 0.513. The zero-order valence-electron chi connectivity index (χ0n) is 11.5. The second kappa shape index (κ2) is 8.04. The van der Waals surface area contributed by atoms with E-state index in [4.69, 9.17) is 23.2 Å². The molecule has 0 saturated heterocycles. The maximum absolute atomic E-state index is 6.13. The van der Waals surface area contributed by atoms with Gasteiger partial charge in [0, 0.05) is 22.6 Å². The number of benzene rings is 1. The SMILES string of the molecule is CC(C)CCCC(C)NCc1cc(Cl)ccc1Cl. The average Bonchev–Trinajstić information content (AvgIpc) is 2.30. The van der Waals surface area contributed by atoms with Gasteiger partial charge in [-0.3, -0.25) is 0 Å². The first-order valence-electron chi connectivity index (χ1n) is 6.66. The van der Waals surface area contributed by atoms with E-state index in [9.17, 15) is 0 Å². The topological polar surface area (TPSA) is 12.0 Å². The molecule has 0 aliphatic carbocycles. The van der Waals surface area contributed by atoms with Gasteiger partial charge in [0.2, 0.25) is 0 Å². The number of rotatable bonds is 7. The quantitative estimate of drug-likeness (QED) is 0.718. The molecule has 1 N–H and O–H groups in total. The highest BCUT2D eigenvalue weighted by Gasteiger charge is 2.05. The standard InChI is InChI=1S/C15H23Cl2N/c1-11(2)5-4-6-12(3)18-10-13-9-14(16)7-8-15(13)17/h7-9,11-12,18H,4-6,10H2,1-3H3. The molecule has 1 nitrogen and oxygen atoms in total. The number of hydrogen-bond donors (Lipinski definition) is 1. The molecule has 0 heterocycles. The third kappa shape index (κ3) is 6.08. The highest BCUT2D eigenvalue weighted by molar-refractivity contribution is 6.33. The van der Waals surface area contributed by atoms with Gasteiger partial charge in [-0.25, -0.2) is 0 Å². The van der Waals surface area contributed by atoms with Crippen LogP contribution in [-0.4, -0.2) is 6.04 Å². The number of nitrogens with one attached hydrogen (secondary N) is 1. The zero-order chi connectivity index (χ0) is 13.5. The molecule has 0 spiro atoms. The van der Waals surface area contributed by atoms with Crippen molar-refractivity contribution in [1.82, 2.24) is 5.32 Å². The average molecular weight is 288 g/mol. The van der Waals surface area contributed by atoms with Gasteiger partial charge in [0.1, 0.15) is 0 Å². The lowest BCUT2D eigenvalue weighted by Crippen LogP contribution is -2.25. The van der Waals surface area contributed by atoms with Gasteiger partial charge in [-0.15, -0.1) is 0 Å². The van der Waals surface area contributed by atoms with Crippen LogP contribution in [-0.2, 0) is 6.54 Å². The lowest BCUT2D eigenvalue weighted by Gasteiger charge is -2.15. The van der Waals surface area contributed by atoms with Gasteiger partial charge in [0.25, 0.3) is 0 Å². The molecule has 0 saturated carbocycles. The van der Waals surface area contributed by atoms with E-state index < -0.39 is 0 Å². The van der Waals surface area contributed by atoms with Crippen LogP contribution in [0.2, 0.25) is 10.0 Å². The first-order chi connectivity index (χ1) is 8.49. The molecule has 1 rings (SSSR count). The summed E-state index contributed by atoms with van der Waals surface area (Å²) >= 11 is 12.1. The minimum atomic E-state index is 0.513. The predicted molar refractivity (Wildman–Crippen MR) is 81.5 cm³/mol. The minimum Gasteiger partial charge on any atom is -0.310 e. The Morgan fingerprint density at radius 1 is 1.11 bits per heavy atom. The Kier molecular flexibility index (Phi) is 7.06. The molecule has 0 fully saturated rings. The van der Waals surface area contributed by atoms with Crippen molar-refractivity contribution in [2.24, 2.45) is 5.92 Å². The van der Waals surface area contributed by atoms with E-state index in [1.807, 2.05) is 18.2 Å². The summed E-state index contributed by atoms with van der Waals surface area (Å²) in [6.45, 7) is 7.54. The van der Waals surface area contributed by atoms with Crippen molar-refractivity contribution in [1.29, 1.82) is 0 Å². The lowest BCUT2D eigenvalue weighted by molar-refractivity contribution is 0.457. The molecule has 0 amide bonds. The van der Waals surface area contributed by atoms with Crippen LogP contribution in [0, 0.1) is 5.92 Å². The molecule has 0 aromatic heterocycles. The second-order valence-corrected chi connectivity index (χ2v) is 6.19.